The van der Waals surface area contributed by atoms with E-state index in [1.807, 2.05) is 11.3 Å². The summed E-state index contributed by atoms with van der Waals surface area (Å²) in [5, 5.41) is 3.42. The molecule has 1 aliphatic carbocycles. The molecule has 1 nitrogen and oxygen atoms in total. The van der Waals surface area contributed by atoms with E-state index in [-0.39, 0.29) is 0 Å². The van der Waals surface area contributed by atoms with E-state index in [2.05, 4.69) is 45.3 Å². The van der Waals surface area contributed by atoms with Crippen molar-refractivity contribution in [2.45, 2.75) is 45.6 Å². The molecule has 2 heteroatoms. The lowest BCUT2D eigenvalue weighted by Gasteiger charge is -2.52. The van der Waals surface area contributed by atoms with Gasteiger partial charge in [0.2, 0.25) is 0 Å². The van der Waals surface area contributed by atoms with Crippen LogP contribution in [0.4, 0.5) is 0 Å². The zero-order valence-electron chi connectivity index (χ0n) is 10.1. The number of aryl methyl sites for hydroxylation is 1. The third-order valence-electron chi connectivity index (χ3n) is 3.99. The van der Waals surface area contributed by atoms with Gasteiger partial charge in [0, 0.05) is 21.7 Å². The standard InChI is InChI=1S/C13H21NS/c1-5-9-6-7-11(15-9)10-8-12(14-4)13(10,2)3/h6-7,10,12,14H,5,8H2,1-4H3. The molecule has 1 N–H and O–H groups in total. The van der Waals surface area contributed by atoms with Crippen molar-refractivity contribution >= 4 is 11.3 Å². The van der Waals surface area contributed by atoms with Crippen LogP contribution in [0.2, 0.25) is 0 Å². The molecule has 1 fully saturated rings. The Morgan fingerprint density at radius 2 is 2.20 bits per heavy atom. The SMILES string of the molecule is CCc1ccc(C2CC(NC)C2(C)C)s1. The summed E-state index contributed by atoms with van der Waals surface area (Å²) in [6.45, 7) is 7.00. The molecule has 1 aromatic heterocycles. The summed E-state index contributed by atoms with van der Waals surface area (Å²) < 4.78 is 0. The number of hydrogen-bond acceptors (Lipinski definition) is 2. The maximum absolute atomic E-state index is 3.42. The Balaban J connectivity index is 2.13. The molecule has 1 saturated carbocycles. The molecule has 1 aromatic rings. The minimum Gasteiger partial charge on any atom is -0.316 e. The quantitative estimate of drug-likeness (QED) is 0.828. The first-order valence-electron chi connectivity index (χ1n) is 5.85. The number of thiophene rings is 1. The molecule has 2 unspecified atom stereocenters. The molecular formula is C13H21NS. The highest BCUT2D eigenvalue weighted by molar-refractivity contribution is 7.12. The minimum absolute atomic E-state index is 0.421. The third-order valence-corrected chi connectivity index (χ3v) is 5.33. The Morgan fingerprint density at radius 3 is 2.67 bits per heavy atom. The fraction of sp³-hybridized carbons (Fsp3) is 0.692. The Kier molecular flexibility index (Phi) is 2.91. The van der Waals surface area contributed by atoms with E-state index in [4.69, 9.17) is 0 Å². The van der Waals surface area contributed by atoms with Crippen molar-refractivity contribution < 1.29 is 0 Å². The summed E-state index contributed by atoms with van der Waals surface area (Å²) in [6.07, 6.45) is 2.47. The van der Waals surface area contributed by atoms with Crippen molar-refractivity contribution in [3.8, 4) is 0 Å². The highest BCUT2D eigenvalue weighted by Gasteiger charge is 2.48. The van der Waals surface area contributed by atoms with Crippen LogP contribution in [0, 0.1) is 5.41 Å². The summed E-state index contributed by atoms with van der Waals surface area (Å²) in [5.74, 6) is 0.764. The van der Waals surface area contributed by atoms with Crippen LogP contribution in [0.1, 0.15) is 42.9 Å². The summed E-state index contributed by atoms with van der Waals surface area (Å²) >= 11 is 2.00. The zero-order valence-corrected chi connectivity index (χ0v) is 10.9. The van der Waals surface area contributed by atoms with Gasteiger partial charge >= 0.3 is 0 Å². The second-order valence-corrected chi connectivity index (χ2v) is 6.31. The second-order valence-electron chi connectivity index (χ2n) is 5.11. The van der Waals surface area contributed by atoms with Gasteiger partial charge in [-0.15, -0.1) is 11.3 Å². The third kappa shape index (κ3) is 1.74. The Hall–Kier alpha value is -0.340. The van der Waals surface area contributed by atoms with Crippen LogP contribution in [0.3, 0.4) is 0 Å². The molecule has 84 valence electrons. The average molecular weight is 223 g/mol. The van der Waals surface area contributed by atoms with E-state index in [0.29, 0.717) is 11.5 Å². The molecule has 0 spiro atoms. The van der Waals surface area contributed by atoms with Gasteiger partial charge in [-0.2, -0.15) is 0 Å². The van der Waals surface area contributed by atoms with Gasteiger partial charge in [0.1, 0.15) is 0 Å². The van der Waals surface area contributed by atoms with Crippen LogP contribution in [0.5, 0.6) is 0 Å². The fourth-order valence-corrected chi connectivity index (χ4v) is 3.93. The summed E-state index contributed by atoms with van der Waals surface area (Å²) in [4.78, 5) is 3.11. The van der Waals surface area contributed by atoms with Crippen molar-refractivity contribution in [3.63, 3.8) is 0 Å². The van der Waals surface area contributed by atoms with Gasteiger partial charge < -0.3 is 5.32 Å². The van der Waals surface area contributed by atoms with E-state index in [0.717, 1.165) is 5.92 Å². The topological polar surface area (TPSA) is 12.0 Å². The number of rotatable bonds is 3. The Morgan fingerprint density at radius 1 is 1.47 bits per heavy atom. The number of nitrogens with one attached hydrogen (secondary N) is 1. The molecular weight excluding hydrogens is 202 g/mol. The molecule has 1 aliphatic rings. The largest absolute Gasteiger partial charge is 0.316 e. The molecule has 1 heterocycles. The van der Waals surface area contributed by atoms with Crippen LogP contribution in [0.15, 0.2) is 12.1 Å². The van der Waals surface area contributed by atoms with Crippen LogP contribution >= 0.6 is 11.3 Å². The second kappa shape index (κ2) is 3.91. The fourth-order valence-electron chi connectivity index (χ4n) is 2.67. The zero-order chi connectivity index (χ0) is 11.1. The lowest BCUT2D eigenvalue weighted by molar-refractivity contribution is 0.0774. The molecule has 0 bridgehead atoms. The van der Waals surface area contributed by atoms with Gasteiger partial charge in [-0.3, -0.25) is 0 Å². The summed E-state index contributed by atoms with van der Waals surface area (Å²) in [6, 6.07) is 5.32. The van der Waals surface area contributed by atoms with Gasteiger partial charge in [-0.1, -0.05) is 20.8 Å². The lowest BCUT2D eigenvalue weighted by Crippen LogP contribution is -2.54. The van der Waals surface area contributed by atoms with Gasteiger partial charge in [-0.25, -0.2) is 0 Å². The van der Waals surface area contributed by atoms with Crippen molar-refractivity contribution in [2.75, 3.05) is 7.05 Å². The normalized spacial score (nSPS) is 28.8. The first-order valence-corrected chi connectivity index (χ1v) is 6.67. The average Bonchev–Trinajstić information content (AvgIpc) is 2.65. The van der Waals surface area contributed by atoms with Crippen molar-refractivity contribution in [1.82, 2.24) is 5.32 Å². The highest BCUT2D eigenvalue weighted by atomic mass is 32.1. The molecule has 0 saturated heterocycles. The molecule has 0 radical (unpaired) electrons. The molecule has 2 rings (SSSR count). The van der Waals surface area contributed by atoms with Gasteiger partial charge in [0.25, 0.3) is 0 Å². The van der Waals surface area contributed by atoms with E-state index in [1.54, 1.807) is 4.88 Å². The summed E-state index contributed by atoms with van der Waals surface area (Å²) in [7, 11) is 2.08. The monoisotopic (exact) mass is 223 g/mol. The Bertz CT molecular complexity index is 340. The summed E-state index contributed by atoms with van der Waals surface area (Å²) in [5.41, 5.74) is 0.421. The van der Waals surface area contributed by atoms with Crippen LogP contribution in [-0.4, -0.2) is 13.1 Å². The van der Waals surface area contributed by atoms with E-state index < -0.39 is 0 Å². The van der Waals surface area contributed by atoms with Crippen LogP contribution in [-0.2, 0) is 6.42 Å². The Labute approximate surface area is 96.9 Å². The predicted octanol–water partition coefficient (Wildman–Crippen LogP) is 3.41. The smallest absolute Gasteiger partial charge is 0.0128 e. The van der Waals surface area contributed by atoms with Crippen molar-refractivity contribution in [1.29, 1.82) is 0 Å². The molecule has 0 amide bonds. The molecule has 0 aliphatic heterocycles. The maximum atomic E-state index is 3.42. The lowest BCUT2D eigenvalue weighted by atomic mass is 9.58. The predicted molar refractivity (Wildman–Crippen MR) is 67.7 cm³/mol. The number of hydrogen-bond donors (Lipinski definition) is 1. The van der Waals surface area contributed by atoms with Crippen LogP contribution in [0.25, 0.3) is 0 Å². The molecule has 0 aromatic carbocycles. The highest BCUT2D eigenvalue weighted by Crippen LogP contribution is 2.53. The van der Waals surface area contributed by atoms with E-state index in [9.17, 15) is 0 Å². The van der Waals surface area contributed by atoms with E-state index >= 15 is 0 Å². The first kappa shape index (κ1) is 11.2. The van der Waals surface area contributed by atoms with Gasteiger partial charge in [0.05, 0.1) is 0 Å². The minimum atomic E-state index is 0.421. The van der Waals surface area contributed by atoms with Crippen LogP contribution < -0.4 is 5.32 Å². The maximum Gasteiger partial charge on any atom is 0.0128 e. The molecule has 2 atom stereocenters. The van der Waals surface area contributed by atoms with Crippen molar-refractivity contribution in [2.24, 2.45) is 5.41 Å². The molecule has 15 heavy (non-hydrogen) atoms. The first-order chi connectivity index (χ1) is 7.09. The van der Waals surface area contributed by atoms with Gasteiger partial charge in [0.15, 0.2) is 0 Å². The van der Waals surface area contributed by atoms with Gasteiger partial charge in [-0.05, 0) is 37.4 Å². The van der Waals surface area contributed by atoms with E-state index in [1.165, 1.54) is 17.7 Å². The van der Waals surface area contributed by atoms with Crippen molar-refractivity contribution in [3.05, 3.63) is 21.9 Å².